The number of rotatable bonds is 14. The second-order valence-corrected chi connectivity index (χ2v) is 15.7. The SMILES string of the molecule is CNc1c(-n2c(C(Cc3cc(F)cc(F)c3)NC(=O)Cn3nc(C(F)F)c4c3C(F)(F)C(C)C4)nc3cc(OCc4cncnc4)ccc3c2=O)ccc(Cl)c1C(N)=N[S+](C)[O-]. The Kier molecular flexibility index (Phi) is 12.5. The maximum Gasteiger partial charge on any atom is 0.292 e. The Morgan fingerprint density at radius 1 is 1.11 bits per heavy atom. The molecule has 7 rings (SSSR count). The van der Waals surface area contributed by atoms with Crippen LogP contribution in [0.1, 0.15) is 58.9 Å². The van der Waals surface area contributed by atoms with Gasteiger partial charge in [0.05, 0.1) is 50.3 Å². The van der Waals surface area contributed by atoms with E-state index in [2.05, 4.69) is 30.1 Å². The minimum atomic E-state index is -3.62. The van der Waals surface area contributed by atoms with Gasteiger partial charge >= 0.3 is 0 Å². The number of fused-ring (bicyclic) bond motifs is 2. The van der Waals surface area contributed by atoms with Gasteiger partial charge in [-0.2, -0.15) is 13.9 Å². The molecule has 0 saturated heterocycles. The molecule has 1 aliphatic carbocycles. The summed E-state index contributed by atoms with van der Waals surface area (Å²) in [4.78, 5) is 41.7. The first-order valence-electron chi connectivity index (χ1n) is 18.6. The number of aromatic nitrogens is 6. The summed E-state index contributed by atoms with van der Waals surface area (Å²) in [7, 11) is 1.47. The van der Waals surface area contributed by atoms with Crippen molar-refractivity contribution in [2.45, 2.75) is 51.3 Å². The van der Waals surface area contributed by atoms with Crippen LogP contribution in [0.25, 0.3) is 16.6 Å². The number of nitrogens with two attached hydrogens (primary N) is 1. The van der Waals surface area contributed by atoms with Crippen LogP contribution in [0.4, 0.5) is 32.0 Å². The molecule has 3 unspecified atom stereocenters. The van der Waals surface area contributed by atoms with Crippen LogP contribution in [0, 0.1) is 17.6 Å². The summed E-state index contributed by atoms with van der Waals surface area (Å²) in [5, 5.41) is 9.32. The first-order valence-corrected chi connectivity index (χ1v) is 20.5. The highest BCUT2D eigenvalue weighted by molar-refractivity contribution is 7.89. The van der Waals surface area contributed by atoms with Crippen LogP contribution in [0.2, 0.25) is 5.02 Å². The van der Waals surface area contributed by atoms with Crippen molar-refractivity contribution in [1.82, 2.24) is 34.6 Å². The lowest BCUT2D eigenvalue weighted by atomic mass is 10.0. The Morgan fingerprint density at radius 3 is 2.48 bits per heavy atom. The minimum absolute atomic E-state index is 0.00973. The maximum absolute atomic E-state index is 15.5. The van der Waals surface area contributed by atoms with Gasteiger partial charge in [0.2, 0.25) is 5.91 Å². The van der Waals surface area contributed by atoms with Crippen LogP contribution >= 0.6 is 11.6 Å². The summed E-state index contributed by atoms with van der Waals surface area (Å²) in [5.41, 5.74) is 4.12. The van der Waals surface area contributed by atoms with E-state index >= 15 is 8.78 Å². The van der Waals surface area contributed by atoms with E-state index < -0.39 is 89.5 Å². The fourth-order valence-corrected chi connectivity index (χ4v) is 7.97. The summed E-state index contributed by atoms with van der Waals surface area (Å²) >= 11 is 4.78. The maximum atomic E-state index is 15.5. The molecule has 62 heavy (non-hydrogen) atoms. The van der Waals surface area contributed by atoms with Gasteiger partial charge in [0.1, 0.15) is 60.3 Å². The van der Waals surface area contributed by atoms with Gasteiger partial charge in [-0.3, -0.25) is 18.8 Å². The quantitative estimate of drug-likeness (QED) is 0.0488. The van der Waals surface area contributed by atoms with Crippen molar-refractivity contribution < 1.29 is 40.4 Å². The highest BCUT2D eigenvalue weighted by atomic mass is 35.5. The molecular weight excluding hydrogens is 866 g/mol. The number of amidine groups is 1. The second-order valence-electron chi connectivity index (χ2n) is 14.3. The van der Waals surface area contributed by atoms with Crippen molar-refractivity contribution >= 4 is 51.3 Å². The normalized spacial score (nSPS) is 15.7. The molecule has 0 spiro atoms. The largest absolute Gasteiger partial charge is 0.591 e. The fourth-order valence-electron chi connectivity index (χ4n) is 7.35. The van der Waals surface area contributed by atoms with E-state index in [9.17, 15) is 31.7 Å². The zero-order valence-corrected chi connectivity index (χ0v) is 34.4. The number of hydrogen-bond donors (Lipinski definition) is 3. The van der Waals surface area contributed by atoms with E-state index in [-0.39, 0.29) is 68.0 Å². The number of nitrogens with one attached hydrogen (secondary N) is 2. The first kappa shape index (κ1) is 43.9. The van der Waals surface area contributed by atoms with Crippen LogP contribution in [0.15, 0.2) is 76.4 Å². The van der Waals surface area contributed by atoms with Crippen molar-refractivity contribution in [2.24, 2.45) is 16.0 Å². The summed E-state index contributed by atoms with van der Waals surface area (Å²) in [6.45, 7) is 0.207. The molecule has 0 radical (unpaired) electrons. The number of nitrogens with zero attached hydrogens (tertiary/aromatic N) is 7. The van der Waals surface area contributed by atoms with Crippen LogP contribution in [0.3, 0.4) is 0 Å². The lowest BCUT2D eigenvalue weighted by Gasteiger charge is -2.25. The van der Waals surface area contributed by atoms with E-state index in [1.807, 2.05) is 0 Å². The van der Waals surface area contributed by atoms with Gasteiger partial charge in [0, 0.05) is 55.0 Å². The van der Waals surface area contributed by atoms with Crippen molar-refractivity contribution in [2.75, 3.05) is 18.6 Å². The highest BCUT2D eigenvalue weighted by Gasteiger charge is 2.51. The minimum Gasteiger partial charge on any atom is -0.591 e. The third-order valence-corrected chi connectivity index (χ3v) is 10.8. The number of halogens is 7. The summed E-state index contributed by atoms with van der Waals surface area (Å²) in [6.07, 6.45) is 1.58. The van der Waals surface area contributed by atoms with Crippen molar-refractivity contribution in [3.63, 3.8) is 0 Å². The third kappa shape index (κ3) is 8.77. The van der Waals surface area contributed by atoms with Crippen molar-refractivity contribution in [3.8, 4) is 11.4 Å². The molecule has 1 aliphatic rings. The van der Waals surface area contributed by atoms with Gasteiger partial charge < -0.3 is 25.7 Å². The molecule has 3 aromatic carbocycles. The molecule has 0 fully saturated rings. The molecule has 1 amide bonds. The lowest BCUT2D eigenvalue weighted by molar-refractivity contribution is -0.123. The Hall–Kier alpha value is -6.19. The molecule has 22 heteroatoms. The number of hydrogen-bond acceptors (Lipinski definition) is 10. The third-order valence-electron chi connectivity index (χ3n) is 10.0. The monoisotopic (exact) mass is 900 g/mol. The fraction of sp³-hybridized carbons (Fsp3) is 0.275. The van der Waals surface area contributed by atoms with Crippen molar-refractivity contribution in [1.29, 1.82) is 0 Å². The number of ether oxygens (including phenoxy) is 1. The van der Waals surface area contributed by atoms with Crippen LogP contribution in [-0.4, -0.2) is 58.9 Å². The molecule has 3 atom stereocenters. The standard InChI is InChI=1S/C40H35ClF6N10O4S/c1-19-8-26-33(36(44)45)54-56(35(26)40(19,46)47)16-31(58)52-29(11-20-9-22(42)12-23(43)10-20)38-53-28-13-24(61-17-21-14-50-18-51-15-21)4-5-25(28)39(59)57(38)30-7-6-27(41)32(34(30)49-2)37(48)55-62(3)60/h4-7,9-10,12-15,18-19,29,36,49H,8,11,16-17H2,1-3H3,(H2,48,55)(H,52,58). The zero-order valence-electron chi connectivity index (χ0n) is 32.8. The molecule has 0 bridgehead atoms. The Morgan fingerprint density at radius 2 is 1.82 bits per heavy atom. The number of benzene rings is 3. The summed E-state index contributed by atoms with van der Waals surface area (Å²) < 4.78 is 112. The zero-order chi connectivity index (χ0) is 44.6. The molecule has 6 aromatic rings. The number of carbonyl (C=O) groups excluding carboxylic acids is 1. The van der Waals surface area contributed by atoms with E-state index in [1.165, 1.54) is 69.3 Å². The Bertz CT molecular complexity index is 2750. The molecular formula is C40H35ClF6N10O4S. The van der Waals surface area contributed by atoms with Crippen LogP contribution in [0.5, 0.6) is 5.75 Å². The summed E-state index contributed by atoms with van der Waals surface area (Å²) in [5.74, 6) is -8.33. The first-order chi connectivity index (χ1) is 29.5. The second kappa shape index (κ2) is 17.7. The topological polar surface area (TPSA) is 190 Å². The smallest absolute Gasteiger partial charge is 0.292 e. The van der Waals surface area contributed by atoms with Crippen molar-refractivity contribution in [3.05, 3.63) is 134 Å². The number of carbonyl (C=O) groups is 1. The number of anilines is 1. The highest BCUT2D eigenvalue weighted by Crippen LogP contribution is 2.48. The lowest BCUT2D eigenvalue weighted by Crippen LogP contribution is -2.38. The Labute approximate surface area is 356 Å². The van der Waals surface area contributed by atoms with Gasteiger partial charge in [-0.05, 0) is 52.8 Å². The average molecular weight is 901 g/mol. The molecule has 4 N–H and O–H groups in total. The van der Waals surface area contributed by atoms with Gasteiger partial charge in [0.25, 0.3) is 17.9 Å². The Balaban J connectivity index is 1.43. The molecule has 3 heterocycles. The predicted molar refractivity (Wildman–Crippen MR) is 218 cm³/mol. The van der Waals surface area contributed by atoms with E-state index in [4.69, 9.17) is 27.1 Å². The number of amides is 1. The van der Waals surface area contributed by atoms with Crippen LogP contribution < -0.4 is 26.7 Å². The summed E-state index contributed by atoms with van der Waals surface area (Å²) in [6, 6.07) is 8.20. The molecule has 324 valence electrons. The molecule has 0 saturated carbocycles. The van der Waals surface area contributed by atoms with Gasteiger partial charge in [-0.1, -0.05) is 18.5 Å². The molecule has 0 aliphatic heterocycles. The van der Waals surface area contributed by atoms with Gasteiger partial charge in [-0.15, -0.1) is 0 Å². The molecule has 3 aromatic heterocycles. The van der Waals surface area contributed by atoms with E-state index in [1.54, 1.807) is 0 Å². The number of alkyl halides is 4. The molecule has 14 nitrogen and oxygen atoms in total. The van der Waals surface area contributed by atoms with E-state index in [0.717, 1.165) is 16.7 Å². The van der Waals surface area contributed by atoms with Gasteiger partial charge in [0.15, 0.2) is 5.84 Å². The van der Waals surface area contributed by atoms with Crippen LogP contribution in [-0.2, 0) is 48.1 Å². The predicted octanol–water partition coefficient (Wildman–Crippen LogP) is 6.25. The van der Waals surface area contributed by atoms with E-state index in [0.29, 0.717) is 16.3 Å². The average Bonchev–Trinajstić information content (AvgIpc) is 3.68. The van der Waals surface area contributed by atoms with Gasteiger partial charge in [-0.25, -0.2) is 32.5 Å².